The minimum absolute atomic E-state index is 0.0412. The molecule has 0 atom stereocenters. The van der Waals surface area contributed by atoms with Crippen LogP contribution in [0, 0.1) is 0 Å². The summed E-state index contributed by atoms with van der Waals surface area (Å²) in [6.45, 7) is 6.07. The number of benzene rings is 2. The SMILES string of the molecule is O=C(CN1CCN(CCOc2ccc(Cl)cc2)CC1)NCc1cccc(Cl)c1. The summed E-state index contributed by atoms with van der Waals surface area (Å²) in [6.07, 6.45) is 0. The monoisotopic (exact) mass is 421 g/mol. The molecule has 1 heterocycles. The molecule has 1 aliphatic rings. The van der Waals surface area contributed by atoms with E-state index in [0.29, 0.717) is 29.7 Å². The number of hydrogen-bond donors (Lipinski definition) is 1. The Kier molecular flexibility index (Phi) is 7.98. The van der Waals surface area contributed by atoms with Gasteiger partial charge in [-0.2, -0.15) is 0 Å². The molecule has 7 heteroatoms. The van der Waals surface area contributed by atoms with Crippen molar-refractivity contribution < 1.29 is 9.53 Å². The van der Waals surface area contributed by atoms with Crippen molar-refractivity contribution in [2.24, 2.45) is 0 Å². The number of carbonyl (C=O) groups excluding carboxylic acids is 1. The van der Waals surface area contributed by atoms with Crippen LogP contribution >= 0.6 is 23.2 Å². The number of hydrogen-bond acceptors (Lipinski definition) is 4. The van der Waals surface area contributed by atoms with Crippen molar-refractivity contribution in [2.75, 3.05) is 45.9 Å². The standard InChI is InChI=1S/C21H25Cl2N3O2/c22-18-4-6-20(7-5-18)28-13-12-25-8-10-26(11-9-25)16-21(27)24-15-17-2-1-3-19(23)14-17/h1-7,14H,8-13,15-16H2,(H,24,27). The molecule has 28 heavy (non-hydrogen) atoms. The average Bonchev–Trinajstić information content (AvgIpc) is 2.69. The van der Waals surface area contributed by atoms with Crippen molar-refractivity contribution in [1.82, 2.24) is 15.1 Å². The molecule has 2 aromatic rings. The maximum absolute atomic E-state index is 12.2. The van der Waals surface area contributed by atoms with Gasteiger partial charge in [0, 0.05) is 49.3 Å². The molecule has 0 saturated carbocycles. The van der Waals surface area contributed by atoms with Crippen molar-refractivity contribution in [1.29, 1.82) is 0 Å². The van der Waals surface area contributed by atoms with Crippen LogP contribution in [0.4, 0.5) is 0 Å². The zero-order valence-electron chi connectivity index (χ0n) is 15.7. The zero-order chi connectivity index (χ0) is 19.8. The van der Waals surface area contributed by atoms with Crippen molar-refractivity contribution in [2.45, 2.75) is 6.54 Å². The Labute approximate surface area is 176 Å². The van der Waals surface area contributed by atoms with Crippen LogP contribution in [0.5, 0.6) is 5.75 Å². The summed E-state index contributed by atoms with van der Waals surface area (Å²) >= 11 is 11.8. The maximum atomic E-state index is 12.2. The Hall–Kier alpha value is -1.79. The first-order valence-corrected chi connectivity index (χ1v) is 10.2. The summed E-state index contributed by atoms with van der Waals surface area (Å²) in [4.78, 5) is 16.7. The van der Waals surface area contributed by atoms with Crippen molar-refractivity contribution in [3.05, 3.63) is 64.1 Å². The number of amides is 1. The van der Waals surface area contributed by atoms with Gasteiger partial charge < -0.3 is 10.1 Å². The minimum Gasteiger partial charge on any atom is -0.492 e. The lowest BCUT2D eigenvalue weighted by Gasteiger charge is -2.34. The predicted molar refractivity (Wildman–Crippen MR) is 113 cm³/mol. The lowest BCUT2D eigenvalue weighted by molar-refractivity contribution is -0.122. The van der Waals surface area contributed by atoms with Gasteiger partial charge in [-0.05, 0) is 42.0 Å². The van der Waals surface area contributed by atoms with Gasteiger partial charge in [-0.15, -0.1) is 0 Å². The Balaban J connectivity index is 1.30. The fraction of sp³-hybridized carbons (Fsp3) is 0.381. The molecule has 0 aromatic heterocycles. The summed E-state index contributed by atoms with van der Waals surface area (Å²) in [7, 11) is 0. The molecule has 1 N–H and O–H groups in total. The van der Waals surface area contributed by atoms with E-state index >= 15 is 0 Å². The smallest absolute Gasteiger partial charge is 0.234 e. The maximum Gasteiger partial charge on any atom is 0.234 e. The normalized spacial score (nSPS) is 15.4. The first-order valence-electron chi connectivity index (χ1n) is 9.43. The van der Waals surface area contributed by atoms with Crippen LogP contribution in [0.2, 0.25) is 10.0 Å². The average molecular weight is 422 g/mol. The molecule has 150 valence electrons. The van der Waals surface area contributed by atoms with E-state index < -0.39 is 0 Å². The molecule has 0 spiro atoms. The Morgan fingerprint density at radius 2 is 1.68 bits per heavy atom. The highest BCUT2D eigenvalue weighted by atomic mass is 35.5. The van der Waals surface area contributed by atoms with Crippen molar-refractivity contribution >= 4 is 29.1 Å². The molecule has 0 unspecified atom stereocenters. The van der Waals surface area contributed by atoms with Gasteiger partial charge in [0.05, 0.1) is 6.54 Å². The van der Waals surface area contributed by atoms with E-state index in [1.807, 2.05) is 48.5 Å². The second kappa shape index (κ2) is 10.7. The van der Waals surface area contributed by atoms with Crippen LogP contribution in [-0.2, 0) is 11.3 Å². The van der Waals surface area contributed by atoms with Crippen LogP contribution in [0.1, 0.15) is 5.56 Å². The Morgan fingerprint density at radius 1 is 0.964 bits per heavy atom. The van der Waals surface area contributed by atoms with Crippen LogP contribution in [0.15, 0.2) is 48.5 Å². The first-order chi connectivity index (χ1) is 13.6. The third kappa shape index (κ3) is 6.99. The summed E-state index contributed by atoms with van der Waals surface area (Å²) in [5, 5.41) is 4.35. The third-order valence-electron chi connectivity index (χ3n) is 4.70. The zero-order valence-corrected chi connectivity index (χ0v) is 17.3. The number of nitrogens with one attached hydrogen (secondary N) is 1. The van der Waals surface area contributed by atoms with Gasteiger partial charge >= 0.3 is 0 Å². The number of carbonyl (C=O) groups is 1. The van der Waals surface area contributed by atoms with Crippen LogP contribution in [0.3, 0.4) is 0 Å². The van der Waals surface area contributed by atoms with E-state index in [0.717, 1.165) is 44.0 Å². The molecule has 1 amide bonds. The van der Waals surface area contributed by atoms with Crippen molar-refractivity contribution in [3.63, 3.8) is 0 Å². The molecule has 5 nitrogen and oxygen atoms in total. The number of nitrogens with zero attached hydrogens (tertiary/aromatic N) is 2. The summed E-state index contributed by atoms with van der Waals surface area (Å²) in [5.74, 6) is 0.874. The van der Waals surface area contributed by atoms with E-state index in [1.54, 1.807) is 0 Å². The van der Waals surface area contributed by atoms with Gasteiger partial charge in [-0.25, -0.2) is 0 Å². The molecular formula is C21H25Cl2N3O2. The van der Waals surface area contributed by atoms with Crippen LogP contribution < -0.4 is 10.1 Å². The third-order valence-corrected chi connectivity index (χ3v) is 5.19. The van der Waals surface area contributed by atoms with E-state index in [2.05, 4.69) is 15.1 Å². The Bertz CT molecular complexity index is 763. The number of piperazine rings is 1. The molecule has 1 aliphatic heterocycles. The highest BCUT2D eigenvalue weighted by molar-refractivity contribution is 6.30. The molecule has 3 rings (SSSR count). The largest absolute Gasteiger partial charge is 0.492 e. The molecule has 2 aromatic carbocycles. The van der Waals surface area contributed by atoms with E-state index in [9.17, 15) is 4.79 Å². The molecule has 1 saturated heterocycles. The number of ether oxygens (including phenoxy) is 1. The van der Waals surface area contributed by atoms with Gasteiger partial charge in [0.15, 0.2) is 0 Å². The molecule has 0 radical (unpaired) electrons. The lowest BCUT2D eigenvalue weighted by Crippen LogP contribution is -2.50. The van der Waals surface area contributed by atoms with Crippen LogP contribution in [-0.4, -0.2) is 61.6 Å². The topological polar surface area (TPSA) is 44.8 Å². The number of halogens is 2. The second-order valence-corrected chi connectivity index (χ2v) is 7.70. The summed E-state index contributed by atoms with van der Waals surface area (Å²) in [5.41, 5.74) is 1.01. The molecule has 0 bridgehead atoms. The summed E-state index contributed by atoms with van der Waals surface area (Å²) in [6, 6.07) is 14.9. The van der Waals surface area contributed by atoms with E-state index in [-0.39, 0.29) is 5.91 Å². The molecular weight excluding hydrogens is 397 g/mol. The quantitative estimate of drug-likeness (QED) is 0.709. The van der Waals surface area contributed by atoms with Gasteiger partial charge in [-0.3, -0.25) is 14.6 Å². The van der Waals surface area contributed by atoms with Crippen molar-refractivity contribution in [3.8, 4) is 5.75 Å². The van der Waals surface area contributed by atoms with Gasteiger partial charge in [0.1, 0.15) is 12.4 Å². The fourth-order valence-electron chi connectivity index (χ4n) is 3.10. The fourth-order valence-corrected chi connectivity index (χ4v) is 3.44. The van der Waals surface area contributed by atoms with Crippen LogP contribution in [0.25, 0.3) is 0 Å². The van der Waals surface area contributed by atoms with Gasteiger partial charge in [0.2, 0.25) is 5.91 Å². The number of rotatable bonds is 8. The minimum atomic E-state index is 0.0412. The molecule has 1 fully saturated rings. The highest BCUT2D eigenvalue weighted by Gasteiger charge is 2.18. The lowest BCUT2D eigenvalue weighted by atomic mass is 10.2. The summed E-state index contributed by atoms with van der Waals surface area (Å²) < 4.78 is 5.75. The molecule has 0 aliphatic carbocycles. The first kappa shape index (κ1) is 20.9. The van der Waals surface area contributed by atoms with Gasteiger partial charge in [0.25, 0.3) is 0 Å². The second-order valence-electron chi connectivity index (χ2n) is 6.83. The highest BCUT2D eigenvalue weighted by Crippen LogP contribution is 2.15. The van der Waals surface area contributed by atoms with E-state index in [4.69, 9.17) is 27.9 Å². The van der Waals surface area contributed by atoms with E-state index in [1.165, 1.54) is 0 Å². The van der Waals surface area contributed by atoms with Gasteiger partial charge in [-0.1, -0.05) is 35.3 Å². The predicted octanol–water partition coefficient (Wildman–Crippen LogP) is 3.31. The Morgan fingerprint density at radius 3 is 2.39 bits per heavy atom.